The minimum Gasteiger partial charge on any atom is -0.497 e. The second-order valence-electron chi connectivity index (χ2n) is 4.79. The molecule has 0 saturated heterocycles. The fourth-order valence-corrected chi connectivity index (χ4v) is 2.65. The van der Waals surface area contributed by atoms with Crippen molar-refractivity contribution in [3.8, 4) is 11.5 Å². The number of hydrogen-bond donors (Lipinski definition) is 2. The molecule has 0 aliphatic rings. The van der Waals surface area contributed by atoms with Gasteiger partial charge < -0.3 is 19.9 Å². The number of hydrogen-bond acceptors (Lipinski definition) is 5. The molecule has 2 unspecified atom stereocenters. The molecular weight excluding hydrogens is 322 g/mol. The largest absolute Gasteiger partial charge is 0.497 e. The lowest BCUT2D eigenvalue weighted by molar-refractivity contribution is 0.104. The van der Waals surface area contributed by atoms with Crippen LogP contribution in [0.2, 0.25) is 0 Å². The molecule has 0 spiro atoms. The van der Waals surface area contributed by atoms with Gasteiger partial charge in [-0.25, -0.2) is 0 Å². The van der Waals surface area contributed by atoms with Crippen molar-refractivity contribution in [3.05, 3.63) is 46.7 Å². The van der Waals surface area contributed by atoms with Crippen molar-refractivity contribution in [2.75, 3.05) is 20.3 Å². The molecule has 0 radical (unpaired) electrons. The third-order valence-corrected chi connectivity index (χ3v) is 4.17. The van der Waals surface area contributed by atoms with Crippen LogP contribution in [0.1, 0.15) is 17.8 Å². The highest BCUT2D eigenvalue weighted by molar-refractivity contribution is 7.10. The van der Waals surface area contributed by atoms with Gasteiger partial charge in [0.2, 0.25) is 0 Å². The van der Waals surface area contributed by atoms with E-state index in [1.807, 2.05) is 24.3 Å². The van der Waals surface area contributed by atoms with E-state index < -0.39 is 6.10 Å². The van der Waals surface area contributed by atoms with Crippen molar-refractivity contribution in [1.29, 1.82) is 0 Å². The summed E-state index contributed by atoms with van der Waals surface area (Å²) in [6, 6.07) is 11.7. The van der Waals surface area contributed by atoms with Gasteiger partial charge in [-0.15, -0.1) is 23.7 Å². The summed E-state index contributed by atoms with van der Waals surface area (Å²) in [5.41, 5.74) is 0. The number of nitrogens with one attached hydrogen (secondary N) is 1. The molecule has 122 valence electrons. The van der Waals surface area contributed by atoms with Crippen molar-refractivity contribution in [1.82, 2.24) is 5.32 Å². The highest BCUT2D eigenvalue weighted by atomic mass is 35.5. The fraction of sp³-hybridized carbons (Fsp3) is 0.375. The number of thiophene rings is 1. The molecule has 4 nitrogen and oxygen atoms in total. The van der Waals surface area contributed by atoms with Crippen LogP contribution in [0, 0.1) is 0 Å². The summed E-state index contributed by atoms with van der Waals surface area (Å²) in [6.07, 6.45) is -0.557. The van der Waals surface area contributed by atoms with Gasteiger partial charge in [-0.05, 0) is 30.5 Å². The van der Waals surface area contributed by atoms with Gasteiger partial charge in [0, 0.05) is 23.5 Å². The van der Waals surface area contributed by atoms with Crippen molar-refractivity contribution < 1.29 is 14.6 Å². The average molecular weight is 344 g/mol. The van der Waals surface area contributed by atoms with Gasteiger partial charge in [-0.1, -0.05) is 12.1 Å². The molecule has 0 fully saturated rings. The topological polar surface area (TPSA) is 50.7 Å². The number of methoxy groups -OCH3 is 1. The first-order valence-electron chi connectivity index (χ1n) is 6.90. The summed E-state index contributed by atoms with van der Waals surface area (Å²) in [5.74, 6) is 1.44. The van der Waals surface area contributed by atoms with Crippen LogP contribution < -0.4 is 14.8 Å². The van der Waals surface area contributed by atoms with Gasteiger partial charge in [0.1, 0.15) is 24.2 Å². The van der Waals surface area contributed by atoms with E-state index in [9.17, 15) is 5.11 Å². The van der Waals surface area contributed by atoms with Crippen LogP contribution in [0.4, 0.5) is 0 Å². The first-order valence-corrected chi connectivity index (χ1v) is 7.78. The molecule has 2 rings (SSSR count). The van der Waals surface area contributed by atoms with Crippen LogP contribution in [-0.2, 0) is 0 Å². The third kappa shape index (κ3) is 5.85. The first kappa shape index (κ1) is 18.8. The summed E-state index contributed by atoms with van der Waals surface area (Å²) in [6.45, 7) is 2.82. The summed E-state index contributed by atoms with van der Waals surface area (Å²) < 4.78 is 10.7. The summed E-state index contributed by atoms with van der Waals surface area (Å²) in [5, 5.41) is 15.3. The van der Waals surface area contributed by atoms with Crippen molar-refractivity contribution in [2.24, 2.45) is 0 Å². The highest BCUT2D eigenvalue weighted by Gasteiger charge is 2.10. The Hall–Kier alpha value is -1.27. The fourth-order valence-electron chi connectivity index (χ4n) is 1.89. The molecule has 0 saturated carbocycles. The second-order valence-corrected chi connectivity index (χ2v) is 5.77. The number of aliphatic hydroxyl groups is 1. The standard InChI is InChI=1S/C16H21NO3S.ClH/c1-12(16-7-4-8-21-16)17-10-13(18)11-20-15-6-3-5-14(9-15)19-2;/h3-9,12-13,17-18H,10-11H2,1-2H3;1H. The Kier molecular flexibility index (Phi) is 8.27. The summed E-state index contributed by atoms with van der Waals surface area (Å²) >= 11 is 1.71. The second kappa shape index (κ2) is 9.69. The van der Waals surface area contributed by atoms with E-state index in [1.165, 1.54) is 4.88 Å². The molecule has 22 heavy (non-hydrogen) atoms. The van der Waals surface area contributed by atoms with Crippen molar-refractivity contribution in [2.45, 2.75) is 19.1 Å². The molecule has 1 aromatic heterocycles. The van der Waals surface area contributed by atoms with Gasteiger partial charge in [0.25, 0.3) is 0 Å². The monoisotopic (exact) mass is 343 g/mol. The molecule has 0 aliphatic heterocycles. The van der Waals surface area contributed by atoms with E-state index in [-0.39, 0.29) is 25.1 Å². The van der Waals surface area contributed by atoms with Crippen LogP contribution in [0.5, 0.6) is 11.5 Å². The molecule has 1 aromatic carbocycles. The molecule has 2 atom stereocenters. The SMILES string of the molecule is COc1cccc(OCC(O)CNC(C)c2cccs2)c1.Cl. The predicted molar refractivity (Wildman–Crippen MR) is 92.5 cm³/mol. The lowest BCUT2D eigenvalue weighted by Crippen LogP contribution is -2.32. The molecule has 2 N–H and O–H groups in total. The van der Waals surface area contributed by atoms with Gasteiger partial charge in [-0.2, -0.15) is 0 Å². The average Bonchev–Trinajstić information content (AvgIpc) is 3.05. The zero-order valence-corrected chi connectivity index (χ0v) is 14.3. The van der Waals surface area contributed by atoms with E-state index in [2.05, 4.69) is 23.7 Å². The van der Waals surface area contributed by atoms with E-state index in [1.54, 1.807) is 24.5 Å². The van der Waals surface area contributed by atoms with E-state index >= 15 is 0 Å². The van der Waals surface area contributed by atoms with Crippen LogP contribution in [-0.4, -0.2) is 31.5 Å². The lowest BCUT2D eigenvalue weighted by atomic mass is 10.2. The Bertz CT molecular complexity index is 536. The molecule has 0 bridgehead atoms. The predicted octanol–water partition coefficient (Wildman–Crippen LogP) is 3.27. The number of aliphatic hydroxyl groups excluding tert-OH is 1. The van der Waals surface area contributed by atoms with E-state index in [4.69, 9.17) is 9.47 Å². The Morgan fingerprint density at radius 2 is 2.00 bits per heavy atom. The maximum Gasteiger partial charge on any atom is 0.123 e. The molecular formula is C16H22ClNO3S. The van der Waals surface area contributed by atoms with Gasteiger partial charge in [0.05, 0.1) is 7.11 Å². The maximum atomic E-state index is 9.97. The van der Waals surface area contributed by atoms with E-state index in [0.717, 1.165) is 5.75 Å². The summed E-state index contributed by atoms with van der Waals surface area (Å²) in [7, 11) is 1.61. The summed E-state index contributed by atoms with van der Waals surface area (Å²) in [4.78, 5) is 1.26. The third-order valence-electron chi connectivity index (χ3n) is 3.11. The molecule has 2 aromatic rings. The number of rotatable bonds is 8. The first-order chi connectivity index (χ1) is 10.2. The van der Waals surface area contributed by atoms with Crippen molar-refractivity contribution in [3.63, 3.8) is 0 Å². The minimum atomic E-state index is -0.557. The van der Waals surface area contributed by atoms with E-state index in [0.29, 0.717) is 12.3 Å². The van der Waals surface area contributed by atoms with Gasteiger partial charge >= 0.3 is 0 Å². The Morgan fingerprint density at radius 1 is 1.23 bits per heavy atom. The van der Waals surface area contributed by atoms with Crippen LogP contribution in [0.25, 0.3) is 0 Å². The molecule has 1 heterocycles. The van der Waals surface area contributed by atoms with Crippen molar-refractivity contribution >= 4 is 23.7 Å². The molecule has 0 amide bonds. The van der Waals surface area contributed by atoms with Gasteiger partial charge in [0.15, 0.2) is 0 Å². The smallest absolute Gasteiger partial charge is 0.123 e. The molecule has 6 heteroatoms. The zero-order valence-electron chi connectivity index (χ0n) is 12.7. The Balaban J connectivity index is 0.00000242. The number of ether oxygens (including phenoxy) is 2. The zero-order chi connectivity index (χ0) is 15.1. The highest BCUT2D eigenvalue weighted by Crippen LogP contribution is 2.19. The van der Waals surface area contributed by atoms with Crippen LogP contribution in [0.3, 0.4) is 0 Å². The maximum absolute atomic E-state index is 9.97. The molecule has 0 aliphatic carbocycles. The lowest BCUT2D eigenvalue weighted by Gasteiger charge is -2.17. The van der Waals surface area contributed by atoms with Gasteiger partial charge in [-0.3, -0.25) is 0 Å². The number of halogens is 1. The van der Waals surface area contributed by atoms with Crippen LogP contribution in [0.15, 0.2) is 41.8 Å². The number of benzene rings is 1. The quantitative estimate of drug-likeness (QED) is 0.772. The Morgan fingerprint density at radius 3 is 2.68 bits per heavy atom. The Labute approximate surface area is 141 Å². The minimum absolute atomic E-state index is 0. The van der Waals surface area contributed by atoms with Crippen LogP contribution >= 0.6 is 23.7 Å². The normalized spacial score (nSPS) is 13.0.